The molecule has 1 aliphatic heterocycles. The number of thiophene rings is 1. The monoisotopic (exact) mass is 505 g/mol. The molecule has 2 aromatic carbocycles. The van der Waals surface area contributed by atoms with Gasteiger partial charge >= 0.3 is 0 Å². The van der Waals surface area contributed by atoms with Crippen molar-refractivity contribution in [2.24, 2.45) is 4.99 Å². The van der Waals surface area contributed by atoms with E-state index >= 15 is 0 Å². The van der Waals surface area contributed by atoms with Crippen LogP contribution in [0.1, 0.15) is 29.0 Å². The lowest BCUT2D eigenvalue weighted by atomic mass is 10.0. The molecule has 1 aliphatic rings. The van der Waals surface area contributed by atoms with Crippen LogP contribution >= 0.6 is 34.3 Å². The van der Waals surface area contributed by atoms with Crippen molar-refractivity contribution in [1.29, 1.82) is 0 Å². The molecule has 170 valence electrons. The van der Waals surface area contributed by atoms with Crippen LogP contribution in [-0.2, 0) is 4.79 Å². The first-order chi connectivity index (χ1) is 16.4. The Kier molecular flexibility index (Phi) is 6.08. The minimum Gasteiger partial charge on any atom is -0.322 e. The summed E-state index contributed by atoms with van der Waals surface area (Å²) in [5.41, 5.74) is 3.30. The number of nitrogens with one attached hydrogen (secondary N) is 1. The highest BCUT2D eigenvalue weighted by Crippen LogP contribution is 2.33. The van der Waals surface area contributed by atoms with Crippen LogP contribution in [0, 0.1) is 6.92 Å². The zero-order valence-electron chi connectivity index (χ0n) is 18.4. The zero-order chi connectivity index (χ0) is 23.8. The van der Waals surface area contributed by atoms with E-state index in [1.165, 1.54) is 22.7 Å². The van der Waals surface area contributed by atoms with E-state index < -0.39 is 6.04 Å². The predicted octanol–water partition coefficient (Wildman–Crippen LogP) is 4.90. The highest BCUT2D eigenvalue weighted by Gasteiger charge is 2.33. The first kappa shape index (κ1) is 22.5. The maximum atomic E-state index is 13.6. The second-order valence-electron chi connectivity index (χ2n) is 7.89. The molecule has 2 aromatic heterocycles. The van der Waals surface area contributed by atoms with E-state index in [9.17, 15) is 9.59 Å². The number of para-hydroxylation sites is 1. The Morgan fingerprint density at radius 3 is 2.59 bits per heavy atom. The molecule has 0 aliphatic carbocycles. The molecule has 0 spiro atoms. The van der Waals surface area contributed by atoms with Crippen LogP contribution in [0.2, 0.25) is 5.02 Å². The molecular weight excluding hydrogens is 486 g/mol. The van der Waals surface area contributed by atoms with Crippen LogP contribution in [0.25, 0.3) is 6.08 Å². The minimum atomic E-state index is -0.561. The molecule has 0 radical (unpaired) electrons. The topological polar surface area (TPSA) is 63.5 Å². The molecule has 0 saturated carbocycles. The molecule has 5 nitrogen and oxygen atoms in total. The number of benzene rings is 2. The number of aromatic nitrogens is 1. The number of carbonyl (C=O) groups excluding carboxylic acids is 1. The lowest BCUT2D eigenvalue weighted by Gasteiger charge is -2.24. The van der Waals surface area contributed by atoms with E-state index in [0.717, 1.165) is 21.7 Å². The first-order valence-corrected chi connectivity index (χ1v) is 12.7. The number of hydrogen-bond acceptors (Lipinski definition) is 5. The average molecular weight is 506 g/mol. The number of amides is 1. The second-order valence-corrected chi connectivity index (χ2v) is 10.3. The lowest BCUT2D eigenvalue weighted by Crippen LogP contribution is -2.40. The van der Waals surface area contributed by atoms with Gasteiger partial charge in [0.25, 0.3) is 11.5 Å². The molecule has 0 bridgehead atoms. The fourth-order valence-corrected chi connectivity index (χ4v) is 6.02. The van der Waals surface area contributed by atoms with E-state index in [1.54, 1.807) is 16.7 Å². The van der Waals surface area contributed by atoms with Gasteiger partial charge in [0.1, 0.15) is 6.04 Å². The zero-order valence-corrected chi connectivity index (χ0v) is 20.8. The molecule has 1 unspecified atom stereocenters. The summed E-state index contributed by atoms with van der Waals surface area (Å²) < 4.78 is 2.14. The van der Waals surface area contributed by atoms with Crippen molar-refractivity contribution in [1.82, 2.24) is 4.57 Å². The third-order valence-electron chi connectivity index (χ3n) is 5.66. The number of anilines is 1. The molecule has 1 atom stereocenters. The SMILES string of the molecule is CC1=C(C(=O)Nc2ccccc2C)C(c2cccs2)n2c(s/c(=C/c3ccccc3Cl)c2=O)=N1. The van der Waals surface area contributed by atoms with Gasteiger partial charge in [-0.05, 0) is 54.6 Å². The smallest absolute Gasteiger partial charge is 0.271 e. The molecule has 1 amide bonds. The van der Waals surface area contributed by atoms with E-state index in [0.29, 0.717) is 25.6 Å². The Morgan fingerprint density at radius 2 is 1.85 bits per heavy atom. The van der Waals surface area contributed by atoms with Crippen molar-refractivity contribution in [3.05, 3.63) is 118 Å². The summed E-state index contributed by atoms with van der Waals surface area (Å²) in [5.74, 6) is -0.269. The van der Waals surface area contributed by atoms with Crippen LogP contribution in [-0.4, -0.2) is 10.5 Å². The van der Waals surface area contributed by atoms with Gasteiger partial charge in [0.2, 0.25) is 0 Å². The van der Waals surface area contributed by atoms with E-state index in [1.807, 2.05) is 73.8 Å². The van der Waals surface area contributed by atoms with Crippen LogP contribution < -0.4 is 20.2 Å². The number of aryl methyl sites for hydroxylation is 1. The number of hydrogen-bond donors (Lipinski definition) is 1. The summed E-state index contributed by atoms with van der Waals surface area (Å²) in [7, 11) is 0. The van der Waals surface area contributed by atoms with Gasteiger partial charge in [0.05, 0.1) is 15.8 Å². The summed E-state index contributed by atoms with van der Waals surface area (Å²) >= 11 is 9.13. The van der Waals surface area contributed by atoms with E-state index in [-0.39, 0.29) is 11.5 Å². The lowest BCUT2D eigenvalue weighted by molar-refractivity contribution is -0.113. The van der Waals surface area contributed by atoms with Crippen molar-refractivity contribution in [3.63, 3.8) is 0 Å². The van der Waals surface area contributed by atoms with Gasteiger partial charge in [-0.25, -0.2) is 4.99 Å². The molecule has 3 heterocycles. The second kappa shape index (κ2) is 9.18. The Hall–Kier alpha value is -3.26. The summed E-state index contributed by atoms with van der Waals surface area (Å²) in [5, 5.41) is 5.53. The van der Waals surface area contributed by atoms with Crippen molar-refractivity contribution in [2.45, 2.75) is 19.9 Å². The van der Waals surface area contributed by atoms with Gasteiger partial charge in [-0.15, -0.1) is 11.3 Å². The highest BCUT2D eigenvalue weighted by molar-refractivity contribution is 7.10. The minimum absolute atomic E-state index is 0.198. The highest BCUT2D eigenvalue weighted by atomic mass is 35.5. The van der Waals surface area contributed by atoms with Crippen LogP contribution in [0.15, 0.2) is 87.1 Å². The van der Waals surface area contributed by atoms with Gasteiger partial charge in [-0.1, -0.05) is 65.4 Å². The number of fused-ring (bicyclic) bond motifs is 1. The van der Waals surface area contributed by atoms with Gasteiger partial charge in [-0.3, -0.25) is 14.2 Å². The van der Waals surface area contributed by atoms with Crippen molar-refractivity contribution in [3.8, 4) is 0 Å². The van der Waals surface area contributed by atoms with Gasteiger partial charge in [0, 0.05) is 15.6 Å². The molecule has 0 fully saturated rings. The predicted molar refractivity (Wildman–Crippen MR) is 139 cm³/mol. The average Bonchev–Trinajstić information content (AvgIpc) is 3.45. The molecule has 8 heteroatoms. The van der Waals surface area contributed by atoms with Crippen LogP contribution in [0.3, 0.4) is 0 Å². The number of thiazole rings is 1. The number of halogens is 1. The third-order valence-corrected chi connectivity index (χ3v) is 7.92. The standard InChI is InChI=1S/C26H20ClN3O2S2/c1-15-8-3-6-11-19(15)29-24(31)22-16(2)28-26-30(23(22)20-12-7-13-33-20)25(32)21(34-26)14-17-9-4-5-10-18(17)27/h3-14,23H,1-2H3,(H,29,31)/b21-14+. The summed E-state index contributed by atoms with van der Waals surface area (Å²) in [6.45, 7) is 3.76. The van der Waals surface area contributed by atoms with Gasteiger partial charge < -0.3 is 5.32 Å². The maximum Gasteiger partial charge on any atom is 0.271 e. The number of allylic oxidation sites excluding steroid dienone is 1. The Balaban J connectivity index is 1.66. The van der Waals surface area contributed by atoms with Crippen molar-refractivity contribution < 1.29 is 4.79 Å². The largest absolute Gasteiger partial charge is 0.322 e. The fourth-order valence-electron chi connectivity index (χ4n) is 3.96. The summed E-state index contributed by atoms with van der Waals surface area (Å²) in [4.78, 5) is 33.3. The van der Waals surface area contributed by atoms with Crippen molar-refractivity contribution in [2.75, 3.05) is 5.32 Å². The van der Waals surface area contributed by atoms with Crippen LogP contribution in [0.5, 0.6) is 0 Å². The van der Waals surface area contributed by atoms with E-state index in [2.05, 4.69) is 10.3 Å². The van der Waals surface area contributed by atoms with Gasteiger partial charge in [-0.2, -0.15) is 0 Å². The fraction of sp³-hybridized carbons (Fsp3) is 0.115. The number of carbonyl (C=O) groups is 1. The van der Waals surface area contributed by atoms with E-state index in [4.69, 9.17) is 11.6 Å². The summed E-state index contributed by atoms with van der Waals surface area (Å²) in [6.07, 6.45) is 1.78. The molecule has 1 N–H and O–H groups in total. The van der Waals surface area contributed by atoms with Crippen molar-refractivity contribution >= 4 is 51.9 Å². The Bertz CT molecular complexity index is 1610. The normalized spacial score (nSPS) is 15.7. The first-order valence-electron chi connectivity index (χ1n) is 10.6. The molecule has 4 aromatic rings. The Morgan fingerprint density at radius 1 is 1.09 bits per heavy atom. The number of rotatable bonds is 4. The van der Waals surface area contributed by atoms with Gasteiger partial charge in [0.15, 0.2) is 4.80 Å². The van der Waals surface area contributed by atoms with Crippen LogP contribution in [0.4, 0.5) is 5.69 Å². The molecule has 0 saturated heterocycles. The Labute approximate surface area is 209 Å². The quantitative estimate of drug-likeness (QED) is 0.429. The molecule has 5 rings (SSSR count). The summed E-state index contributed by atoms with van der Waals surface area (Å²) in [6, 6.07) is 18.3. The maximum absolute atomic E-state index is 13.6. The molecule has 34 heavy (non-hydrogen) atoms. The molecular formula is C26H20ClN3O2S2. The number of nitrogens with zero attached hydrogens (tertiary/aromatic N) is 2. The third kappa shape index (κ3) is 4.07.